The molecule has 0 aliphatic carbocycles. The number of nitrogens with one attached hydrogen (secondary N) is 1. The topological polar surface area (TPSA) is 31.0 Å². The number of piperazine rings is 1. The zero-order valence-electron chi connectivity index (χ0n) is 22.9. The fraction of sp³-hybridized carbons (Fsp3) is 1.00. The van der Waals surface area contributed by atoms with Crippen LogP contribution in [0.4, 0.5) is 0 Å². The summed E-state index contributed by atoms with van der Waals surface area (Å²) in [6.07, 6.45) is 5.73. The van der Waals surface area contributed by atoms with E-state index in [1.807, 2.05) is 0 Å². The highest BCUT2D eigenvalue weighted by Gasteiger charge is 2.22. The molecule has 0 aromatic carbocycles. The Morgan fingerprint density at radius 2 is 1.22 bits per heavy atom. The first-order valence-corrected chi connectivity index (χ1v) is 13.8. The molecule has 1 N–H and O–H groups in total. The molecule has 1 unspecified atom stereocenters. The van der Waals surface area contributed by atoms with Crippen LogP contribution < -0.4 is 5.32 Å². The molecule has 0 aromatic rings. The smallest absolute Gasteiger partial charge is 0.0714 e. The van der Waals surface area contributed by atoms with Gasteiger partial charge >= 0.3 is 0 Å². The molecule has 0 saturated carbocycles. The second-order valence-corrected chi connectivity index (χ2v) is 11.3. The van der Waals surface area contributed by atoms with E-state index in [9.17, 15) is 0 Å². The van der Waals surface area contributed by atoms with Gasteiger partial charge in [0.15, 0.2) is 0 Å². The number of likely N-dealkylation sites (tertiary alicyclic amines) is 2. The van der Waals surface area contributed by atoms with Crippen molar-refractivity contribution in [3.63, 3.8) is 0 Å². The van der Waals surface area contributed by atoms with Gasteiger partial charge < -0.3 is 24.8 Å². The van der Waals surface area contributed by atoms with Crippen molar-refractivity contribution < 1.29 is 4.74 Å². The molecule has 3 aliphatic heterocycles. The van der Waals surface area contributed by atoms with E-state index in [-0.39, 0.29) is 0 Å². The van der Waals surface area contributed by atoms with E-state index >= 15 is 0 Å². The first-order valence-electron chi connectivity index (χ1n) is 13.8. The summed E-state index contributed by atoms with van der Waals surface area (Å²) in [5.74, 6) is 2.45. The fourth-order valence-corrected chi connectivity index (χ4v) is 4.79. The van der Waals surface area contributed by atoms with Crippen LogP contribution in [0.3, 0.4) is 0 Å². The third-order valence-corrected chi connectivity index (χ3v) is 6.07. The van der Waals surface area contributed by atoms with Crippen molar-refractivity contribution in [2.75, 3.05) is 78.6 Å². The summed E-state index contributed by atoms with van der Waals surface area (Å²) in [6, 6.07) is 0. The quantitative estimate of drug-likeness (QED) is 0.557. The Bertz CT molecular complexity index is 418. The molecule has 0 aromatic heterocycles. The van der Waals surface area contributed by atoms with Gasteiger partial charge in [-0.2, -0.15) is 0 Å². The maximum Gasteiger partial charge on any atom is 0.0714 e. The van der Waals surface area contributed by atoms with Crippen molar-refractivity contribution in [2.45, 2.75) is 80.3 Å². The average molecular weight is 455 g/mol. The van der Waals surface area contributed by atoms with Crippen LogP contribution in [0.2, 0.25) is 0 Å². The van der Waals surface area contributed by atoms with E-state index in [1.54, 1.807) is 0 Å². The number of hydrogen-bond acceptors (Lipinski definition) is 5. The summed E-state index contributed by atoms with van der Waals surface area (Å²) in [5.41, 5.74) is 0. The monoisotopic (exact) mass is 454 g/mol. The van der Waals surface area contributed by atoms with Gasteiger partial charge in [-0.15, -0.1) is 0 Å². The second-order valence-electron chi connectivity index (χ2n) is 11.3. The maximum atomic E-state index is 5.72. The van der Waals surface area contributed by atoms with Crippen LogP contribution in [0, 0.1) is 17.8 Å². The van der Waals surface area contributed by atoms with Crippen LogP contribution in [0.5, 0.6) is 0 Å². The molecule has 32 heavy (non-hydrogen) atoms. The third kappa shape index (κ3) is 15.6. The molecule has 0 radical (unpaired) electrons. The molecule has 0 amide bonds. The van der Waals surface area contributed by atoms with Gasteiger partial charge in [-0.25, -0.2) is 0 Å². The molecule has 3 aliphatic rings. The highest BCUT2D eigenvalue weighted by Crippen LogP contribution is 2.14. The highest BCUT2D eigenvalue weighted by atomic mass is 16.5. The number of hydrogen-bond donors (Lipinski definition) is 1. The van der Waals surface area contributed by atoms with Crippen LogP contribution in [0.15, 0.2) is 0 Å². The molecule has 3 fully saturated rings. The van der Waals surface area contributed by atoms with Gasteiger partial charge in [0, 0.05) is 65.5 Å². The predicted octanol–water partition coefficient (Wildman–Crippen LogP) is 4.43. The van der Waals surface area contributed by atoms with E-state index in [4.69, 9.17) is 4.74 Å². The summed E-state index contributed by atoms with van der Waals surface area (Å²) in [6.45, 7) is 30.5. The molecule has 1 atom stereocenters. The van der Waals surface area contributed by atoms with E-state index < -0.39 is 0 Å². The Morgan fingerprint density at radius 3 is 1.72 bits per heavy atom. The standard InChI is InChI=1S/C11H23NO.C8H18N2.C8H17N/c1-4-7-13-11-5-6-12(9-11)8-10(2)3;1-8(2)7-10-5-3-9-4-6-10;1-8(2)7-9-5-3-4-6-9/h10-11H,4-9H2,1-3H3;8-9H,3-7H2,1-2H3;8H,3-7H2,1-2H3. The number of nitrogens with zero attached hydrogens (tertiary/aromatic N) is 3. The van der Waals surface area contributed by atoms with Crippen LogP contribution >= 0.6 is 0 Å². The summed E-state index contributed by atoms with van der Waals surface area (Å²) in [5, 5.41) is 3.35. The predicted molar refractivity (Wildman–Crippen MR) is 141 cm³/mol. The van der Waals surface area contributed by atoms with Crippen molar-refractivity contribution >= 4 is 0 Å². The molecule has 5 heteroatoms. The normalized spacial score (nSPS) is 22.9. The molecular weight excluding hydrogens is 396 g/mol. The molecule has 0 bridgehead atoms. The lowest BCUT2D eigenvalue weighted by Gasteiger charge is -2.28. The van der Waals surface area contributed by atoms with Crippen LogP contribution in [0.1, 0.15) is 74.1 Å². The Balaban J connectivity index is 0.000000245. The Labute approximate surface area is 201 Å². The minimum Gasteiger partial charge on any atom is -0.377 e. The molecule has 3 rings (SSSR count). The van der Waals surface area contributed by atoms with Gasteiger partial charge in [0.1, 0.15) is 0 Å². The zero-order chi connectivity index (χ0) is 23.8. The first kappa shape index (κ1) is 29.8. The van der Waals surface area contributed by atoms with Gasteiger partial charge in [0.05, 0.1) is 6.10 Å². The number of ether oxygens (including phenoxy) is 1. The van der Waals surface area contributed by atoms with Gasteiger partial charge in [-0.3, -0.25) is 0 Å². The van der Waals surface area contributed by atoms with E-state index in [2.05, 4.69) is 68.5 Å². The van der Waals surface area contributed by atoms with E-state index in [0.29, 0.717) is 6.10 Å². The molecule has 3 saturated heterocycles. The van der Waals surface area contributed by atoms with E-state index in [1.165, 1.54) is 84.7 Å². The molecule has 0 spiro atoms. The van der Waals surface area contributed by atoms with Crippen LogP contribution in [-0.4, -0.2) is 99.4 Å². The maximum absolute atomic E-state index is 5.72. The summed E-state index contributed by atoms with van der Waals surface area (Å²) < 4.78 is 5.72. The lowest BCUT2D eigenvalue weighted by Crippen LogP contribution is -2.44. The van der Waals surface area contributed by atoms with Gasteiger partial charge in [0.2, 0.25) is 0 Å². The van der Waals surface area contributed by atoms with Gasteiger partial charge in [0.25, 0.3) is 0 Å². The SMILES string of the molecule is CC(C)CN1CCCC1.CC(C)CN1CCNCC1.CCCOC1CCN(CC(C)C)C1. The minimum atomic E-state index is 0.513. The molecular formula is C27H58N4O. The third-order valence-electron chi connectivity index (χ3n) is 6.07. The van der Waals surface area contributed by atoms with Crippen molar-refractivity contribution in [2.24, 2.45) is 17.8 Å². The number of rotatable bonds is 9. The molecule has 3 heterocycles. The fourth-order valence-electron chi connectivity index (χ4n) is 4.79. The van der Waals surface area contributed by atoms with Crippen LogP contribution in [0.25, 0.3) is 0 Å². The Hall–Kier alpha value is -0.200. The lowest BCUT2D eigenvalue weighted by molar-refractivity contribution is 0.0587. The first-order chi connectivity index (χ1) is 15.3. The lowest BCUT2D eigenvalue weighted by atomic mass is 10.2. The average Bonchev–Trinajstić information content (AvgIpc) is 3.39. The summed E-state index contributed by atoms with van der Waals surface area (Å²) >= 11 is 0. The van der Waals surface area contributed by atoms with Gasteiger partial charge in [-0.1, -0.05) is 48.5 Å². The zero-order valence-corrected chi connectivity index (χ0v) is 22.9. The molecule has 192 valence electrons. The van der Waals surface area contributed by atoms with Gasteiger partial charge in [-0.05, 0) is 56.5 Å². The van der Waals surface area contributed by atoms with Crippen LogP contribution in [-0.2, 0) is 4.74 Å². The molecule has 5 nitrogen and oxygen atoms in total. The largest absolute Gasteiger partial charge is 0.377 e. The minimum absolute atomic E-state index is 0.513. The summed E-state index contributed by atoms with van der Waals surface area (Å²) in [7, 11) is 0. The van der Waals surface area contributed by atoms with Crippen molar-refractivity contribution in [1.82, 2.24) is 20.0 Å². The Morgan fingerprint density at radius 1 is 0.719 bits per heavy atom. The highest BCUT2D eigenvalue weighted by molar-refractivity contribution is 4.76. The second kappa shape index (κ2) is 18.2. The van der Waals surface area contributed by atoms with Crippen molar-refractivity contribution in [3.8, 4) is 0 Å². The summed E-state index contributed by atoms with van der Waals surface area (Å²) in [4.78, 5) is 7.61. The van der Waals surface area contributed by atoms with Crippen molar-refractivity contribution in [3.05, 3.63) is 0 Å². The van der Waals surface area contributed by atoms with Crippen molar-refractivity contribution in [1.29, 1.82) is 0 Å². The Kier molecular flexibility index (Phi) is 16.9. The van der Waals surface area contributed by atoms with E-state index in [0.717, 1.165) is 37.3 Å².